The second kappa shape index (κ2) is 5.95. The lowest BCUT2D eigenvalue weighted by atomic mass is 10.00. The summed E-state index contributed by atoms with van der Waals surface area (Å²) < 4.78 is 10.5. The Morgan fingerprint density at radius 2 is 1.58 bits per heavy atom. The van der Waals surface area contributed by atoms with E-state index in [-0.39, 0.29) is 0 Å². The van der Waals surface area contributed by atoms with E-state index in [4.69, 9.17) is 21.1 Å². The third-order valence-corrected chi connectivity index (χ3v) is 3.16. The molecule has 19 heavy (non-hydrogen) atoms. The quantitative estimate of drug-likeness (QED) is 0.931. The highest BCUT2D eigenvalue weighted by atomic mass is 35.5. The molecule has 0 aliphatic heterocycles. The van der Waals surface area contributed by atoms with E-state index in [2.05, 4.69) is 0 Å². The van der Waals surface area contributed by atoms with Crippen LogP contribution in [0.3, 0.4) is 0 Å². The average molecular weight is 279 g/mol. The van der Waals surface area contributed by atoms with Gasteiger partial charge in [0.2, 0.25) is 0 Å². The number of halogens is 1. The van der Waals surface area contributed by atoms with E-state index in [0.717, 1.165) is 0 Å². The summed E-state index contributed by atoms with van der Waals surface area (Å²) in [5, 5.41) is 11.1. The third kappa shape index (κ3) is 2.83. The molecule has 0 amide bonds. The predicted molar refractivity (Wildman–Crippen MR) is 75.1 cm³/mol. The van der Waals surface area contributed by atoms with Crippen LogP contribution < -0.4 is 9.47 Å². The van der Waals surface area contributed by atoms with Gasteiger partial charge in [0.05, 0.1) is 14.2 Å². The molecule has 4 heteroatoms. The Morgan fingerprint density at radius 1 is 0.947 bits per heavy atom. The largest absolute Gasteiger partial charge is 0.496 e. The van der Waals surface area contributed by atoms with Crippen molar-refractivity contribution in [2.24, 2.45) is 0 Å². The zero-order valence-corrected chi connectivity index (χ0v) is 11.5. The van der Waals surface area contributed by atoms with Crippen molar-refractivity contribution in [1.82, 2.24) is 0 Å². The lowest BCUT2D eigenvalue weighted by Gasteiger charge is -2.17. The molecule has 0 aliphatic carbocycles. The fourth-order valence-electron chi connectivity index (χ4n) is 1.97. The van der Waals surface area contributed by atoms with Gasteiger partial charge in [0.25, 0.3) is 0 Å². The van der Waals surface area contributed by atoms with Crippen molar-refractivity contribution < 1.29 is 14.6 Å². The first kappa shape index (κ1) is 13.7. The molecular weight excluding hydrogens is 264 g/mol. The highest BCUT2D eigenvalue weighted by Crippen LogP contribution is 2.35. The van der Waals surface area contributed by atoms with Crippen molar-refractivity contribution in [3.63, 3.8) is 0 Å². The number of hydrogen-bond acceptors (Lipinski definition) is 3. The number of aliphatic hydroxyl groups excluding tert-OH is 1. The number of para-hydroxylation sites is 1. The summed E-state index contributed by atoms with van der Waals surface area (Å²) in [7, 11) is 3.12. The van der Waals surface area contributed by atoms with Gasteiger partial charge in [0.15, 0.2) is 0 Å². The highest BCUT2D eigenvalue weighted by molar-refractivity contribution is 6.30. The monoisotopic (exact) mass is 278 g/mol. The second-order valence-corrected chi connectivity index (χ2v) is 4.47. The normalized spacial score (nSPS) is 12.0. The molecule has 2 rings (SSSR count). The topological polar surface area (TPSA) is 38.7 Å². The summed E-state index contributed by atoms with van der Waals surface area (Å²) in [6.45, 7) is 0. The lowest BCUT2D eigenvalue weighted by molar-refractivity contribution is 0.209. The van der Waals surface area contributed by atoms with Crippen molar-refractivity contribution in [3.05, 3.63) is 58.6 Å². The Kier molecular flexibility index (Phi) is 4.30. The van der Waals surface area contributed by atoms with Crippen LogP contribution in [0.2, 0.25) is 5.02 Å². The first-order chi connectivity index (χ1) is 9.17. The van der Waals surface area contributed by atoms with Crippen LogP contribution in [0.15, 0.2) is 42.5 Å². The van der Waals surface area contributed by atoms with Crippen LogP contribution in [0, 0.1) is 0 Å². The fourth-order valence-corrected chi connectivity index (χ4v) is 2.13. The maximum absolute atomic E-state index is 10.5. The summed E-state index contributed by atoms with van der Waals surface area (Å²) in [6.07, 6.45) is -0.830. The van der Waals surface area contributed by atoms with Crippen LogP contribution in [0.4, 0.5) is 0 Å². The first-order valence-corrected chi connectivity index (χ1v) is 6.19. The van der Waals surface area contributed by atoms with Crippen LogP contribution in [-0.2, 0) is 0 Å². The van der Waals surface area contributed by atoms with Gasteiger partial charge in [-0.05, 0) is 18.2 Å². The average Bonchev–Trinajstić information content (AvgIpc) is 2.46. The third-order valence-electron chi connectivity index (χ3n) is 2.92. The number of rotatable bonds is 4. The Labute approximate surface area is 117 Å². The molecule has 2 aromatic rings. The maximum atomic E-state index is 10.5. The van der Waals surface area contributed by atoms with Gasteiger partial charge in [0, 0.05) is 16.1 Å². The second-order valence-electron chi connectivity index (χ2n) is 4.03. The summed E-state index contributed by atoms with van der Waals surface area (Å²) >= 11 is 5.92. The van der Waals surface area contributed by atoms with Gasteiger partial charge in [-0.1, -0.05) is 35.9 Å². The summed E-state index contributed by atoms with van der Waals surface area (Å²) in [5.41, 5.74) is 1.34. The van der Waals surface area contributed by atoms with Crippen LogP contribution in [0.5, 0.6) is 11.5 Å². The maximum Gasteiger partial charge on any atom is 0.126 e. The Morgan fingerprint density at radius 3 is 2.26 bits per heavy atom. The van der Waals surface area contributed by atoms with Gasteiger partial charge >= 0.3 is 0 Å². The SMILES string of the molecule is COc1ccccc1C(O)c1ccc(Cl)cc1OC. The standard InChI is InChI=1S/C15H15ClO3/c1-18-13-6-4-3-5-11(13)15(17)12-8-7-10(16)9-14(12)19-2/h3-9,15,17H,1-2H3. The molecule has 0 aliphatic rings. The van der Waals surface area contributed by atoms with Crippen molar-refractivity contribution in [2.45, 2.75) is 6.10 Å². The van der Waals surface area contributed by atoms with E-state index < -0.39 is 6.10 Å². The van der Waals surface area contributed by atoms with Crippen molar-refractivity contribution in [1.29, 1.82) is 0 Å². The molecule has 0 heterocycles. The lowest BCUT2D eigenvalue weighted by Crippen LogP contribution is -2.04. The molecule has 0 aromatic heterocycles. The highest BCUT2D eigenvalue weighted by Gasteiger charge is 2.18. The van der Waals surface area contributed by atoms with Crippen LogP contribution in [0.25, 0.3) is 0 Å². The fraction of sp³-hybridized carbons (Fsp3) is 0.200. The molecule has 0 bridgehead atoms. The molecule has 0 radical (unpaired) electrons. The van der Waals surface area contributed by atoms with Gasteiger partial charge in [-0.15, -0.1) is 0 Å². The molecule has 0 saturated carbocycles. The molecule has 0 saturated heterocycles. The van der Waals surface area contributed by atoms with Crippen molar-refractivity contribution >= 4 is 11.6 Å². The van der Waals surface area contributed by atoms with Crippen molar-refractivity contribution in [3.8, 4) is 11.5 Å². The van der Waals surface area contributed by atoms with Gasteiger partial charge in [-0.2, -0.15) is 0 Å². The van der Waals surface area contributed by atoms with Gasteiger partial charge in [0.1, 0.15) is 17.6 Å². The van der Waals surface area contributed by atoms with Gasteiger partial charge in [-0.3, -0.25) is 0 Å². The predicted octanol–water partition coefficient (Wildman–Crippen LogP) is 3.44. The van der Waals surface area contributed by atoms with E-state index in [1.165, 1.54) is 0 Å². The van der Waals surface area contributed by atoms with E-state index in [1.54, 1.807) is 38.5 Å². The molecule has 100 valence electrons. The molecule has 2 aromatic carbocycles. The minimum absolute atomic E-state index is 0.547. The zero-order chi connectivity index (χ0) is 13.8. The zero-order valence-electron chi connectivity index (χ0n) is 10.8. The molecule has 3 nitrogen and oxygen atoms in total. The van der Waals surface area contributed by atoms with Crippen LogP contribution >= 0.6 is 11.6 Å². The number of ether oxygens (including phenoxy) is 2. The number of aliphatic hydroxyl groups is 1. The minimum Gasteiger partial charge on any atom is -0.496 e. The van der Waals surface area contributed by atoms with Crippen molar-refractivity contribution in [2.75, 3.05) is 14.2 Å². The Balaban J connectivity index is 2.46. The first-order valence-electron chi connectivity index (χ1n) is 5.81. The summed E-state index contributed by atoms with van der Waals surface area (Å²) in [5.74, 6) is 1.18. The van der Waals surface area contributed by atoms with E-state index in [9.17, 15) is 5.11 Å². The van der Waals surface area contributed by atoms with Crippen LogP contribution in [-0.4, -0.2) is 19.3 Å². The van der Waals surface area contributed by atoms with E-state index in [1.807, 2.05) is 18.2 Å². The Bertz CT molecular complexity index is 569. The van der Waals surface area contributed by atoms with Gasteiger partial charge < -0.3 is 14.6 Å². The number of methoxy groups -OCH3 is 2. The molecular formula is C15H15ClO3. The van der Waals surface area contributed by atoms with Gasteiger partial charge in [-0.25, -0.2) is 0 Å². The molecule has 1 unspecified atom stereocenters. The molecule has 0 fully saturated rings. The molecule has 1 N–H and O–H groups in total. The smallest absolute Gasteiger partial charge is 0.126 e. The molecule has 0 spiro atoms. The number of hydrogen-bond donors (Lipinski definition) is 1. The summed E-state index contributed by atoms with van der Waals surface area (Å²) in [4.78, 5) is 0. The minimum atomic E-state index is -0.830. The van der Waals surface area contributed by atoms with E-state index in [0.29, 0.717) is 27.6 Å². The van der Waals surface area contributed by atoms with E-state index >= 15 is 0 Å². The Hall–Kier alpha value is -1.71. The van der Waals surface area contributed by atoms with Crippen LogP contribution in [0.1, 0.15) is 17.2 Å². The molecule has 1 atom stereocenters. The number of benzene rings is 2. The summed E-state index contributed by atoms with van der Waals surface area (Å²) in [6, 6.07) is 12.5.